The van der Waals surface area contributed by atoms with Crippen molar-refractivity contribution < 1.29 is 14.6 Å². The molecule has 4 rings (SSSR count). The van der Waals surface area contributed by atoms with Crippen LogP contribution in [0.3, 0.4) is 0 Å². The number of piperidine rings is 1. The zero-order chi connectivity index (χ0) is 19.6. The summed E-state index contributed by atoms with van der Waals surface area (Å²) in [6.07, 6.45) is 6.61. The smallest absolute Gasteiger partial charge is 0.254 e. The third-order valence-corrected chi connectivity index (χ3v) is 7.17. The lowest BCUT2D eigenvalue weighted by atomic mass is 9.76. The Hall–Kier alpha value is -1.43. The van der Waals surface area contributed by atoms with Crippen LogP contribution in [0.25, 0.3) is 0 Å². The van der Waals surface area contributed by atoms with Gasteiger partial charge in [-0.2, -0.15) is 0 Å². The second kappa shape index (κ2) is 8.52. The molecule has 5 nitrogen and oxygen atoms in total. The van der Waals surface area contributed by atoms with Crippen LogP contribution >= 0.6 is 0 Å². The highest BCUT2D eigenvalue weighted by Gasteiger charge is 2.44. The van der Waals surface area contributed by atoms with Gasteiger partial charge in [0.2, 0.25) is 0 Å². The number of hydrogen-bond acceptors (Lipinski definition) is 4. The van der Waals surface area contributed by atoms with Gasteiger partial charge < -0.3 is 14.7 Å². The Morgan fingerprint density at radius 2 is 2.04 bits per heavy atom. The van der Waals surface area contributed by atoms with E-state index in [-0.39, 0.29) is 24.0 Å². The fourth-order valence-corrected chi connectivity index (χ4v) is 5.36. The van der Waals surface area contributed by atoms with Crippen LogP contribution in [0.15, 0.2) is 24.3 Å². The summed E-state index contributed by atoms with van der Waals surface area (Å²) >= 11 is 0. The van der Waals surface area contributed by atoms with Crippen LogP contribution < -0.4 is 0 Å². The Balaban J connectivity index is 1.32. The molecule has 3 aliphatic rings. The Kier molecular flexibility index (Phi) is 6.04. The van der Waals surface area contributed by atoms with Crippen molar-refractivity contribution in [3.63, 3.8) is 0 Å². The molecule has 1 amide bonds. The minimum absolute atomic E-state index is 0.186. The summed E-state index contributed by atoms with van der Waals surface area (Å²) in [5.41, 5.74) is 2.24. The van der Waals surface area contributed by atoms with Crippen LogP contribution in [0.2, 0.25) is 0 Å². The number of aliphatic hydroxyl groups excluding tert-OH is 1. The van der Waals surface area contributed by atoms with Crippen molar-refractivity contribution in [1.82, 2.24) is 9.80 Å². The molecule has 2 atom stereocenters. The lowest BCUT2D eigenvalue weighted by Crippen LogP contribution is -2.44. The third-order valence-electron chi connectivity index (χ3n) is 7.17. The van der Waals surface area contributed by atoms with E-state index in [1.165, 1.54) is 6.42 Å². The number of amides is 1. The van der Waals surface area contributed by atoms with Crippen molar-refractivity contribution in [2.45, 2.75) is 57.6 Å². The van der Waals surface area contributed by atoms with Gasteiger partial charge in [0.1, 0.15) is 0 Å². The van der Waals surface area contributed by atoms with Gasteiger partial charge in [-0.3, -0.25) is 9.69 Å². The molecule has 3 saturated heterocycles. The first-order valence-electron chi connectivity index (χ1n) is 11.0. The molecule has 0 bridgehead atoms. The summed E-state index contributed by atoms with van der Waals surface area (Å²) in [7, 11) is 0. The Bertz CT molecular complexity index is 684. The van der Waals surface area contributed by atoms with Crippen LogP contribution in [0.4, 0.5) is 0 Å². The molecule has 1 spiro atoms. The fraction of sp³-hybridized carbons (Fsp3) is 0.696. The summed E-state index contributed by atoms with van der Waals surface area (Å²) in [6.45, 7) is 6.87. The van der Waals surface area contributed by atoms with Crippen molar-refractivity contribution >= 4 is 5.91 Å². The molecule has 28 heavy (non-hydrogen) atoms. The SMILES string of the molecule is CCc1ccccc1C(=O)N1CCC2(CC1)COC(CN1CCC[C@H]1CO)C2. The summed E-state index contributed by atoms with van der Waals surface area (Å²) in [6, 6.07) is 8.32. The molecule has 154 valence electrons. The maximum Gasteiger partial charge on any atom is 0.254 e. The molecule has 0 aromatic heterocycles. The number of likely N-dealkylation sites (tertiary alicyclic amines) is 2. The first kappa shape index (κ1) is 19.9. The minimum atomic E-state index is 0.186. The van der Waals surface area contributed by atoms with Crippen LogP contribution in [-0.4, -0.2) is 72.4 Å². The van der Waals surface area contributed by atoms with E-state index in [2.05, 4.69) is 17.9 Å². The first-order valence-corrected chi connectivity index (χ1v) is 11.0. The molecule has 3 heterocycles. The van der Waals surface area contributed by atoms with Gasteiger partial charge in [0.05, 0.1) is 19.3 Å². The molecule has 1 aromatic carbocycles. The standard InChI is InChI=1S/C23H34N2O3/c1-2-18-6-3-4-8-21(18)22(27)24-12-9-23(10-13-24)14-20(28-17-23)15-25-11-5-7-19(25)16-26/h3-4,6,8,19-20,26H,2,5,7,9-17H2,1H3/t19-,20?/m0/s1. The number of ether oxygens (including phenoxy) is 1. The summed E-state index contributed by atoms with van der Waals surface area (Å²) in [4.78, 5) is 17.5. The van der Waals surface area contributed by atoms with Gasteiger partial charge in [0.25, 0.3) is 5.91 Å². The van der Waals surface area contributed by atoms with Crippen molar-refractivity contribution in [3.05, 3.63) is 35.4 Å². The van der Waals surface area contributed by atoms with Gasteiger partial charge in [0.15, 0.2) is 0 Å². The summed E-state index contributed by atoms with van der Waals surface area (Å²) < 4.78 is 6.19. The zero-order valence-electron chi connectivity index (χ0n) is 17.1. The first-order chi connectivity index (χ1) is 13.6. The summed E-state index contributed by atoms with van der Waals surface area (Å²) in [5, 5.41) is 9.55. The number of nitrogens with zero attached hydrogens (tertiary/aromatic N) is 2. The van der Waals surface area contributed by atoms with E-state index in [9.17, 15) is 9.90 Å². The molecule has 1 unspecified atom stereocenters. The monoisotopic (exact) mass is 386 g/mol. The lowest BCUT2D eigenvalue weighted by Gasteiger charge is -2.38. The van der Waals surface area contributed by atoms with E-state index in [0.717, 1.165) is 76.0 Å². The van der Waals surface area contributed by atoms with Crippen LogP contribution in [0.1, 0.15) is 54.9 Å². The van der Waals surface area contributed by atoms with Crippen LogP contribution in [-0.2, 0) is 11.2 Å². The van der Waals surface area contributed by atoms with Crippen LogP contribution in [0.5, 0.6) is 0 Å². The quantitative estimate of drug-likeness (QED) is 0.845. The molecule has 3 fully saturated rings. The highest BCUT2D eigenvalue weighted by atomic mass is 16.5. The Morgan fingerprint density at radius 1 is 1.25 bits per heavy atom. The molecule has 0 saturated carbocycles. The van der Waals surface area contributed by atoms with E-state index >= 15 is 0 Å². The molecule has 1 N–H and O–H groups in total. The number of rotatable bonds is 5. The molecule has 0 radical (unpaired) electrons. The predicted molar refractivity (Wildman–Crippen MR) is 109 cm³/mol. The lowest BCUT2D eigenvalue weighted by molar-refractivity contribution is 0.0401. The Morgan fingerprint density at radius 3 is 2.79 bits per heavy atom. The Labute approximate surface area is 168 Å². The van der Waals surface area contributed by atoms with Gasteiger partial charge in [0, 0.05) is 31.2 Å². The average Bonchev–Trinajstić information content (AvgIpc) is 3.35. The van der Waals surface area contributed by atoms with E-state index in [4.69, 9.17) is 4.74 Å². The van der Waals surface area contributed by atoms with E-state index in [1.807, 2.05) is 23.1 Å². The predicted octanol–water partition coefficient (Wildman–Crippen LogP) is 2.72. The van der Waals surface area contributed by atoms with E-state index < -0.39 is 0 Å². The average molecular weight is 387 g/mol. The second-order valence-electron chi connectivity index (χ2n) is 8.91. The molecule has 0 aliphatic carbocycles. The number of aryl methyl sites for hydroxylation is 1. The van der Waals surface area contributed by atoms with E-state index in [0.29, 0.717) is 6.04 Å². The number of hydrogen-bond donors (Lipinski definition) is 1. The van der Waals surface area contributed by atoms with Crippen molar-refractivity contribution in [3.8, 4) is 0 Å². The molecule has 3 aliphatic heterocycles. The largest absolute Gasteiger partial charge is 0.395 e. The number of aliphatic hydroxyl groups is 1. The van der Waals surface area contributed by atoms with Crippen molar-refractivity contribution in [2.75, 3.05) is 39.4 Å². The summed E-state index contributed by atoms with van der Waals surface area (Å²) in [5.74, 6) is 0.186. The minimum Gasteiger partial charge on any atom is -0.395 e. The van der Waals surface area contributed by atoms with Gasteiger partial charge in [-0.15, -0.1) is 0 Å². The molecule has 1 aromatic rings. The number of benzene rings is 1. The molecule has 5 heteroatoms. The van der Waals surface area contributed by atoms with Crippen LogP contribution in [0, 0.1) is 5.41 Å². The highest BCUT2D eigenvalue weighted by molar-refractivity contribution is 5.95. The topological polar surface area (TPSA) is 53.0 Å². The fourth-order valence-electron chi connectivity index (χ4n) is 5.36. The maximum absolute atomic E-state index is 13.0. The normalized spacial score (nSPS) is 27.6. The van der Waals surface area contributed by atoms with Crippen molar-refractivity contribution in [1.29, 1.82) is 0 Å². The molecular weight excluding hydrogens is 352 g/mol. The second-order valence-corrected chi connectivity index (χ2v) is 8.91. The van der Waals surface area contributed by atoms with Gasteiger partial charge in [-0.1, -0.05) is 25.1 Å². The van der Waals surface area contributed by atoms with Gasteiger partial charge in [-0.25, -0.2) is 0 Å². The van der Waals surface area contributed by atoms with Gasteiger partial charge in [-0.05, 0) is 62.1 Å². The highest BCUT2D eigenvalue weighted by Crippen LogP contribution is 2.42. The van der Waals surface area contributed by atoms with E-state index in [1.54, 1.807) is 0 Å². The van der Waals surface area contributed by atoms with Crippen molar-refractivity contribution in [2.24, 2.45) is 5.41 Å². The molecular formula is C23H34N2O3. The number of carbonyl (C=O) groups is 1. The third kappa shape index (κ3) is 3.98. The zero-order valence-corrected chi connectivity index (χ0v) is 17.1. The maximum atomic E-state index is 13.0. The number of carbonyl (C=O) groups excluding carboxylic acids is 1. The van der Waals surface area contributed by atoms with Gasteiger partial charge >= 0.3 is 0 Å².